The summed E-state index contributed by atoms with van der Waals surface area (Å²) in [7, 11) is 0. The van der Waals surface area contributed by atoms with Crippen molar-refractivity contribution in [3.05, 3.63) is 0 Å². The lowest BCUT2D eigenvalue weighted by Crippen LogP contribution is -2.46. The van der Waals surface area contributed by atoms with Gasteiger partial charge in [0.25, 0.3) is 0 Å². The van der Waals surface area contributed by atoms with Gasteiger partial charge in [0, 0.05) is 24.8 Å². The molecule has 1 atom stereocenters. The predicted octanol–water partition coefficient (Wildman–Crippen LogP) is 1.80. The number of unbranched alkanes of at least 4 members (excludes halogenated alkanes) is 1. The van der Waals surface area contributed by atoms with Crippen LogP contribution >= 0.6 is 15.9 Å². The Hall–Kier alpha value is -0.0900. The maximum Gasteiger partial charge on any atom is 0.222 e. The zero-order valence-corrected chi connectivity index (χ0v) is 10.3. The topological polar surface area (TPSA) is 29.5 Å². The van der Waals surface area contributed by atoms with Gasteiger partial charge in [0.05, 0.1) is 12.7 Å². The molecule has 0 aliphatic carbocycles. The van der Waals surface area contributed by atoms with Gasteiger partial charge in [0.2, 0.25) is 5.91 Å². The molecule has 1 saturated heterocycles. The van der Waals surface area contributed by atoms with Crippen LogP contribution in [0.25, 0.3) is 0 Å². The van der Waals surface area contributed by atoms with Gasteiger partial charge >= 0.3 is 0 Å². The SMILES string of the molecule is CCCCC(=O)N1CCOC(CBr)C1. The summed E-state index contributed by atoms with van der Waals surface area (Å²) in [6.07, 6.45) is 2.94. The minimum absolute atomic E-state index is 0.175. The lowest BCUT2D eigenvalue weighted by Gasteiger charge is -2.32. The summed E-state index contributed by atoms with van der Waals surface area (Å²) in [6, 6.07) is 0. The molecule has 1 fully saturated rings. The highest BCUT2D eigenvalue weighted by Crippen LogP contribution is 2.10. The smallest absolute Gasteiger partial charge is 0.222 e. The number of ether oxygens (including phenoxy) is 1. The molecule has 3 nitrogen and oxygen atoms in total. The van der Waals surface area contributed by atoms with E-state index in [-0.39, 0.29) is 12.0 Å². The largest absolute Gasteiger partial charge is 0.374 e. The first-order chi connectivity index (χ1) is 6.77. The number of alkyl halides is 1. The van der Waals surface area contributed by atoms with E-state index in [4.69, 9.17) is 4.74 Å². The van der Waals surface area contributed by atoms with Gasteiger partial charge in [-0.2, -0.15) is 0 Å². The number of nitrogens with zero attached hydrogens (tertiary/aromatic N) is 1. The van der Waals surface area contributed by atoms with E-state index in [1.807, 2.05) is 4.90 Å². The Bertz CT molecular complexity index is 187. The van der Waals surface area contributed by atoms with E-state index in [0.717, 1.165) is 31.3 Å². The first-order valence-electron chi connectivity index (χ1n) is 5.23. The van der Waals surface area contributed by atoms with E-state index < -0.39 is 0 Å². The van der Waals surface area contributed by atoms with E-state index in [1.165, 1.54) is 0 Å². The Morgan fingerprint density at radius 1 is 1.64 bits per heavy atom. The van der Waals surface area contributed by atoms with E-state index >= 15 is 0 Å². The first-order valence-corrected chi connectivity index (χ1v) is 6.35. The average molecular weight is 264 g/mol. The van der Waals surface area contributed by atoms with Crippen molar-refractivity contribution in [3.63, 3.8) is 0 Å². The summed E-state index contributed by atoms with van der Waals surface area (Å²) in [5.74, 6) is 0.279. The van der Waals surface area contributed by atoms with Crippen LogP contribution < -0.4 is 0 Å². The van der Waals surface area contributed by atoms with Crippen molar-refractivity contribution < 1.29 is 9.53 Å². The van der Waals surface area contributed by atoms with Crippen LogP contribution in [0.2, 0.25) is 0 Å². The van der Waals surface area contributed by atoms with Crippen LogP contribution in [0.4, 0.5) is 0 Å². The standard InChI is InChI=1S/C10H18BrNO2/c1-2-3-4-10(13)12-5-6-14-9(7-11)8-12/h9H,2-8H2,1H3. The Balaban J connectivity index is 2.31. The van der Waals surface area contributed by atoms with Crippen LogP contribution in [0.15, 0.2) is 0 Å². The maximum atomic E-state index is 11.7. The third kappa shape index (κ3) is 3.58. The van der Waals surface area contributed by atoms with Crippen LogP contribution in [0, 0.1) is 0 Å². The van der Waals surface area contributed by atoms with Gasteiger partial charge in [-0.1, -0.05) is 29.3 Å². The Morgan fingerprint density at radius 3 is 3.07 bits per heavy atom. The number of halogens is 1. The van der Waals surface area contributed by atoms with Crippen molar-refractivity contribution in [2.45, 2.75) is 32.3 Å². The Kier molecular flexibility index (Phi) is 5.48. The second kappa shape index (κ2) is 6.40. The zero-order chi connectivity index (χ0) is 10.4. The molecule has 1 aliphatic rings. The lowest BCUT2D eigenvalue weighted by molar-refractivity contribution is -0.138. The van der Waals surface area contributed by atoms with Crippen molar-refractivity contribution in [1.82, 2.24) is 4.90 Å². The van der Waals surface area contributed by atoms with Crippen molar-refractivity contribution in [2.24, 2.45) is 0 Å². The number of amides is 1. The highest BCUT2D eigenvalue weighted by molar-refractivity contribution is 9.09. The van der Waals surface area contributed by atoms with Crippen molar-refractivity contribution in [2.75, 3.05) is 25.0 Å². The third-order valence-electron chi connectivity index (χ3n) is 2.41. The third-order valence-corrected chi connectivity index (χ3v) is 3.13. The quantitative estimate of drug-likeness (QED) is 0.725. The number of rotatable bonds is 4. The van der Waals surface area contributed by atoms with Crippen LogP contribution in [-0.2, 0) is 9.53 Å². The predicted molar refractivity (Wildman–Crippen MR) is 59.6 cm³/mol. The van der Waals surface area contributed by atoms with E-state index in [0.29, 0.717) is 13.0 Å². The van der Waals surface area contributed by atoms with Gasteiger partial charge in [-0.3, -0.25) is 4.79 Å². The molecule has 1 rings (SSSR count). The molecule has 0 N–H and O–H groups in total. The van der Waals surface area contributed by atoms with E-state index in [1.54, 1.807) is 0 Å². The molecule has 0 spiro atoms. The molecule has 0 aromatic rings. The van der Waals surface area contributed by atoms with Crippen LogP contribution in [0.1, 0.15) is 26.2 Å². The average Bonchev–Trinajstić information content (AvgIpc) is 2.26. The molecule has 14 heavy (non-hydrogen) atoms. The van der Waals surface area contributed by atoms with Crippen molar-refractivity contribution >= 4 is 21.8 Å². The molecule has 1 unspecified atom stereocenters. The van der Waals surface area contributed by atoms with Crippen molar-refractivity contribution in [3.8, 4) is 0 Å². The monoisotopic (exact) mass is 263 g/mol. The fourth-order valence-electron chi connectivity index (χ4n) is 1.53. The molecule has 1 amide bonds. The molecular weight excluding hydrogens is 246 g/mol. The fraction of sp³-hybridized carbons (Fsp3) is 0.900. The molecule has 82 valence electrons. The maximum absolute atomic E-state index is 11.7. The highest BCUT2D eigenvalue weighted by atomic mass is 79.9. The van der Waals surface area contributed by atoms with E-state index in [2.05, 4.69) is 22.9 Å². The van der Waals surface area contributed by atoms with Crippen LogP contribution in [0.3, 0.4) is 0 Å². The fourth-order valence-corrected chi connectivity index (χ4v) is 1.92. The minimum Gasteiger partial charge on any atom is -0.374 e. The van der Waals surface area contributed by atoms with Gasteiger partial charge < -0.3 is 9.64 Å². The zero-order valence-electron chi connectivity index (χ0n) is 8.67. The number of morpholine rings is 1. The molecule has 0 saturated carbocycles. The summed E-state index contributed by atoms with van der Waals surface area (Å²) in [5.41, 5.74) is 0. The molecule has 4 heteroatoms. The summed E-state index contributed by atoms with van der Waals surface area (Å²) in [6.45, 7) is 4.28. The second-order valence-electron chi connectivity index (χ2n) is 3.59. The highest BCUT2D eigenvalue weighted by Gasteiger charge is 2.22. The van der Waals surface area contributed by atoms with Gasteiger partial charge in [-0.15, -0.1) is 0 Å². The number of carbonyl (C=O) groups is 1. The normalized spacial score (nSPS) is 22.4. The molecule has 0 bridgehead atoms. The molecular formula is C10H18BrNO2. The first kappa shape index (κ1) is 12.0. The van der Waals surface area contributed by atoms with Crippen molar-refractivity contribution in [1.29, 1.82) is 0 Å². The minimum atomic E-state index is 0.175. The van der Waals surface area contributed by atoms with Gasteiger partial charge in [0.15, 0.2) is 0 Å². The molecule has 0 aromatic carbocycles. The number of hydrogen-bond acceptors (Lipinski definition) is 2. The number of carbonyl (C=O) groups excluding carboxylic acids is 1. The summed E-state index contributed by atoms with van der Waals surface area (Å²) >= 11 is 3.38. The van der Waals surface area contributed by atoms with Gasteiger partial charge in [0.1, 0.15) is 0 Å². The van der Waals surface area contributed by atoms with Gasteiger partial charge in [-0.25, -0.2) is 0 Å². The van der Waals surface area contributed by atoms with E-state index in [9.17, 15) is 4.79 Å². The van der Waals surface area contributed by atoms with Crippen LogP contribution in [-0.4, -0.2) is 41.9 Å². The molecule has 1 aliphatic heterocycles. The summed E-state index contributed by atoms with van der Waals surface area (Å²) < 4.78 is 5.47. The summed E-state index contributed by atoms with van der Waals surface area (Å²) in [4.78, 5) is 13.6. The van der Waals surface area contributed by atoms with Gasteiger partial charge in [-0.05, 0) is 6.42 Å². The Morgan fingerprint density at radius 2 is 2.43 bits per heavy atom. The summed E-state index contributed by atoms with van der Waals surface area (Å²) in [5, 5.41) is 0.810. The second-order valence-corrected chi connectivity index (χ2v) is 4.24. The lowest BCUT2D eigenvalue weighted by atomic mass is 10.2. The Labute approximate surface area is 93.9 Å². The molecule has 0 aromatic heterocycles. The molecule has 0 radical (unpaired) electrons. The molecule has 1 heterocycles. The van der Waals surface area contributed by atoms with Crippen LogP contribution in [0.5, 0.6) is 0 Å². The number of hydrogen-bond donors (Lipinski definition) is 0.